The van der Waals surface area contributed by atoms with Crippen molar-refractivity contribution in [1.82, 2.24) is 14.5 Å². The fraction of sp³-hybridized carbons (Fsp3) is 0.514. The zero-order chi connectivity index (χ0) is 33.4. The van der Waals surface area contributed by atoms with E-state index in [4.69, 9.17) is 14.5 Å². The van der Waals surface area contributed by atoms with E-state index in [1.165, 1.54) is 11.0 Å². The lowest BCUT2D eigenvalue weighted by atomic mass is 9.93. The van der Waals surface area contributed by atoms with E-state index in [-0.39, 0.29) is 6.54 Å². The number of aryl methyl sites for hydroxylation is 1. The summed E-state index contributed by atoms with van der Waals surface area (Å²) in [7, 11) is 0. The van der Waals surface area contributed by atoms with Crippen LogP contribution in [0.2, 0.25) is 0 Å². The summed E-state index contributed by atoms with van der Waals surface area (Å²) < 4.78 is 53.7. The molecule has 2 aliphatic rings. The number of amides is 1. The SMILES string of the molecule is CCN(c1ncc(-c2cccn2C(=O)OC(C)(C)C)cc1CN1C(=O)OC(c2cc(C)cc(C(F)(F)F)c2)[C@@H]1C)C1CCCCC1. The zero-order valence-electron chi connectivity index (χ0n) is 27.4. The van der Waals surface area contributed by atoms with Gasteiger partial charge in [-0.25, -0.2) is 14.6 Å². The summed E-state index contributed by atoms with van der Waals surface area (Å²) in [6.07, 6.45) is 2.38. The summed E-state index contributed by atoms with van der Waals surface area (Å²) in [5.41, 5.74) is 1.28. The maximum Gasteiger partial charge on any atom is 0.418 e. The van der Waals surface area contributed by atoms with Gasteiger partial charge >= 0.3 is 18.4 Å². The lowest BCUT2D eigenvalue weighted by molar-refractivity contribution is -0.137. The first kappa shape index (κ1) is 33.3. The second-order valence-electron chi connectivity index (χ2n) is 13.3. The molecular formula is C35H43F3N4O4. The lowest BCUT2D eigenvalue weighted by Gasteiger charge is -2.36. The average molecular weight is 641 g/mol. The van der Waals surface area contributed by atoms with Crippen LogP contribution in [0.25, 0.3) is 11.3 Å². The number of pyridine rings is 1. The highest BCUT2D eigenvalue weighted by atomic mass is 19.4. The Labute approximate surface area is 268 Å². The molecule has 1 saturated heterocycles. The van der Waals surface area contributed by atoms with Crippen LogP contribution in [-0.4, -0.2) is 50.9 Å². The number of anilines is 1. The molecule has 3 heterocycles. The largest absolute Gasteiger partial charge is 0.443 e. The molecule has 1 aromatic carbocycles. The van der Waals surface area contributed by atoms with Gasteiger partial charge in [0, 0.05) is 36.1 Å². The quantitative estimate of drug-likeness (QED) is 0.257. The Morgan fingerprint density at radius 3 is 2.48 bits per heavy atom. The van der Waals surface area contributed by atoms with Crippen molar-refractivity contribution >= 4 is 18.0 Å². The van der Waals surface area contributed by atoms with Crippen molar-refractivity contribution in [2.75, 3.05) is 11.4 Å². The number of halogens is 3. The smallest absolute Gasteiger partial charge is 0.418 e. The van der Waals surface area contributed by atoms with Crippen molar-refractivity contribution in [3.63, 3.8) is 0 Å². The molecule has 2 fully saturated rings. The number of rotatable bonds is 7. The number of hydrogen-bond acceptors (Lipinski definition) is 6. The van der Waals surface area contributed by atoms with Gasteiger partial charge in [-0.3, -0.25) is 9.47 Å². The third-order valence-corrected chi connectivity index (χ3v) is 8.69. The van der Waals surface area contributed by atoms with Crippen LogP contribution in [0.1, 0.15) is 95.1 Å². The Balaban J connectivity index is 1.52. The van der Waals surface area contributed by atoms with E-state index in [9.17, 15) is 22.8 Å². The van der Waals surface area contributed by atoms with E-state index < -0.39 is 41.7 Å². The fourth-order valence-electron chi connectivity index (χ4n) is 6.56. The van der Waals surface area contributed by atoms with Gasteiger partial charge in [0.25, 0.3) is 0 Å². The van der Waals surface area contributed by atoms with Crippen molar-refractivity contribution in [2.24, 2.45) is 0 Å². The number of carbonyl (C=O) groups excluding carboxylic acids is 2. The van der Waals surface area contributed by atoms with Crippen LogP contribution in [0.3, 0.4) is 0 Å². The maximum atomic E-state index is 13.6. The Hall–Kier alpha value is -4.02. The van der Waals surface area contributed by atoms with Gasteiger partial charge in [0.2, 0.25) is 0 Å². The standard InChI is InChI=1S/C35H43F3N4O4/c1-7-40(28-12-9-8-10-13-28)31-26(18-25(20-39-31)29-14-11-15-41(29)33(44)46-34(4,5)6)21-42-23(3)30(45-32(42)43)24-16-22(2)17-27(19-24)35(36,37)38/h11,14-20,23,28,30H,7-10,12-13,21H2,1-6H3/t23-,30?/m0/s1. The first-order valence-corrected chi connectivity index (χ1v) is 16.0. The number of cyclic esters (lactones) is 1. The normalized spacial score (nSPS) is 19.3. The van der Waals surface area contributed by atoms with Crippen molar-refractivity contribution in [3.05, 3.63) is 71.0 Å². The molecule has 1 unspecified atom stereocenters. The second-order valence-corrected chi connectivity index (χ2v) is 13.3. The van der Waals surface area contributed by atoms with E-state index in [2.05, 4.69) is 11.8 Å². The Morgan fingerprint density at radius 1 is 1.11 bits per heavy atom. The van der Waals surface area contributed by atoms with E-state index in [0.717, 1.165) is 49.2 Å². The summed E-state index contributed by atoms with van der Waals surface area (Å²) in [4.78, 5) is 35.2. The number of carbonyl (C=O) groups is 2. The molecule has 1 aliphatic heterocycles. The fourth-order valence-corrected chi connectivity index (χ4v) is 6.56. The molecule has 1 aliphatic carbocycles. The number of hydrogen-bond donors (Lipinski definition) is 0. The minimum atomic E-state index is -4.52. The number of benzene rings is 1. The van der Waals surface area contributed by atoms with Gasteiger partial charge < -0.3 is 14.4 Å². The molecule has 0 radical (unpaired) electrons. The molecule has 0 N–H and O–H groups in total. The number of aromatic nitrogens is 2. The summed E-state index contributed by atoms with van der Waals surface area (Å²) >= 11 is 0. The third kappa shape index (κ3) is 7.18. The number of ether oxygens (including phenoxy) is 2. The van der Waals surface area contributed by atoms with Gasteiger partial charge in [-0.2, -0.15) is 13.2 Å². The number of nitrogens with zero attached hydrogens (tertiary/aromatic N) is 4. The predicted molar refractivity (Wildman–Crippen MR) is 170 cm³/mol. The van der Waals surface area contributed by atoms with Gasteiger partial charge in [-0.1, -0.05) is 30.9 Å². The molecule has 0 bridgehead atoms. The molecule has 0 spiro atoms. The Kier molecular flexibility index (Phi) is 9.42. The molecular weight excluding hydrogens is 597 g/mol. The molecule has 248 valence electrons. The van der Waals surface area contributed by atoms with E-state index >= 15 is 0 Å². The highest BCUT2D eigenvalue weighted by Gasteiger charge is 2.42. The van der Waals surface area contributed by atoms with Gasteiger partial charge in [0.05, 0.1) is 23.8 Å². The molecule has 1 amide bonds. The van der Waals surface area contributed by atoms with Gasteiger partial charge in [-0.15, -0.1) is 0 Å². The zero-order valence-corrected chi connectivity index (χ0v) is 27.4. The summed E-state index contributed by atoms with van der Waals surface area (Å²) in [5, 5.41) is 0. The monoisotopic (exact) mass is 640 g/mol. The molecule has 11 heteroatoms. The summed E-state index contributed by atoms with van der Waals surface area (Å²) in [6.45, 7) is 11.7. The topological polar surface area (TPSA) is 76.9 Å². The van der Waals surface area contributed by atoms with Crippen molar-refractivity contribution in [2.45, 2.75) is 110 Å². The first-order chi connectivity index (χ1) is 21.7. The Morgan fingerprint density at radius 2 is 1.83 bits per heavy atom. The molecule has 8 nitrogen and oxygen atoms in total. The van der Waals surface area contributed by atoms with Gasteiger partial charge in [0.15, 0.2) is 0 Å². The van der Waals surface area contributed by atoms with Crippen LogP contribution in [0.4, 0.5) is 28.6 Å². The maximum absolute atomic E-state index is 13.6. The van der Waals surface area contributed by atoms with Crippen LogP contribution in [0, 0.1) is 6.92 Å². The molecule has 46 heavy (non-hydrogen) atoms. The van der Waals surface area contributed by atoms with Crippen LogP contribution < -0.4 is 4.90 Å². The second kappa shape index (κ2) is 13.0. The third-order valence-electron chi connectivity index (χ3n) is 8.69. The van der Waals surface area contributed by atoms with Crippen LogP contribution in [0.5, 0.6) is 0 Å². The Bertz CT molecular complexity index is 1570. The highest BCUT2D eigenvalue weighted by Crippen LogP contribution is 2.39. The van der Waals surface area contributed by atoms with Crippen molar-refractivity contribution in [3.8, 4) is 11.3 Å². The van der Waals surface area contributed by atoms with Crippen LogP contribution >= 0.6 is 0 Å². The minimum absolute atomic E-state index is 0.126. The van der Waals surface area contributed by atoms with Gasteiger partial charge in [0.1, 0.15) is 17.5 Å². The predicted octanol–water partition coefficient (Wildman–Crippen LogP) is 8.90. The van der Waals surface area contributed by atoms with Gasteiger partial charge in [-0.05, 0) is 90.3 Å². The lowest BCUT2D eigenvalue weighted by Crippen LogP contribution is -2.39. The van der Waals surface area contributed by atoms with Crippen molar-refractivity contribution in [1.29, 1.82) is 0 Å². The molecule has 1 saturated carbocycles. The molecule has 5 rings (SSSR count). The summed E-state index contributed by atoms with van der Waals surface area (Å²) in [6, 6.07) is 9.03. The van der Waals surface area contributed by atoms with E-state index in [1.807, 2.05) is 12.1 Å². The van der Waals surface area contributed by atoms with E-state index in [1.54, 1.807) is 64.0 Å². The molecule has 3 aromatic rings. The minimum Gasteiger partial charge on any atom is -0.443 e. The summed E-state index contributed by atoms with van der Waals surface area (Å²) in [5.74, 6) is 0.742. The first-order valence-electron chi connectivity index (χ1n) is 16.0. The molecule has 2 atom stereocenters. The van der Waals surface area contributed by atoms with Crippen molar-refractivity contribution < 1.29 is 32.2 Å². The number of alkyl halides is 3. The van der Waals surface area contributed by atoms with E-state index in [0.29, 0.717) is 35.0 Å². The molecule has 2 aromatic heterocycles. The van der Waals surface area contributed by atoms with Crippen LogP contribution in [-0.2, 0) is 22.2 Å². The van der Waals surface area contributed by atoms with Crippen LogP contribution in [0.15, 0.2) is 48.8 Å². The average Bonchev–Trinajstić information content (AvgIpc) is 3.58. The highest BCUT2D eigenvalue weighted by molar-refractivity contribution is 5.79.